The first-order valence-corrected chi connectivity index (χ1v) is 7.78. The molecule has 2 N–H and O–H groups in total. The van der Waals surface area contributed by atoms with Crippen molar-refractivity contribution in [3.05, 3.63) is 0 Å². The van der Waals surface area contributed by atoms with Gasteiger partial charge in [-0.3, -0.25) is 4.79 Å². The van der Waals surface area contributed by atoms with Crippen LogP contribution in [0.5, 0.6) is 0 Å². The summed E-state index contributed by atoms with van der Waals surface area (Å²) in [7, 11) is 1.86. The minimum absolute atomic E-state index is 0.0114. The number of aliphatic carboxylic acids is 1. The lowest BCUT2D eigenvalue weighted by atomic mass is 9.82. The Morgan fingerprint density at radius 1 is 1.10 bits per heavy atom. The zero-order chi connectivity index (χ0) is 14.5. The van der Waals surface area contributed by atoms with E-state index in [1.165, 1.54) is 19.3 Å². The molecule has 2 aliphatic carbocycles. The molecule has 0 spiro atoms. The van der Waals surface area contributed by atoms with Crippen LogP contribution in [0, 0.1) is 17.8 Å². The van der Waals surface area contributed by atoms with Crippen LogP contribution in [0.15, 0.2) is 0 Å². The van der Waals surface area contributed by atoms with Gasteiger partial charge in [-0.05, 0) is 50.4 Å². The van der Waals surface area contributed by atoms with Gasteiger partial charge < -0.3 is 15.3 Å². The number of nitrogens with zero attached hydrogens (tertiary/aromatic N) is 1. The SMILES string of the molecule is CN(CC1CCC1)C(=O)NCC1CCC(C(=O)O)CC1. The Hall–Kier alpha value is -1.26. The van der Waals surface area contributed by atoms with Crippen molar-refractivity contribution in [2.45, 2.75) is 44.9 Å². The number of rotatable bonds is 5. The Morgan fingerprint density at radius 2 is 1.75 bits per heavy atom. The van der Waals surface area contributed by atoms with Gasteiger partial charge in [-0.25, -0.2) is 4.79 Å². The maximum Gasteiger partial charge on any atom is 0.317 e. The summed E-state index contributed by atoms with van der Waals surface area (Å²) in [5.41, 5.74) is 0. The van der Waals surface area contributed by atoms with Gasteiger partial charge in [0.15, 0.2) is 0 Å². The highest BCUT2D eigenvalue weighted by atomic mass is 16.4. The van der Waals surface area contributed by atoms with Crippen molar-refractivity contribution in [3.8, 4) is 0 Å². The lowest BCUT2D eigenvalue weighted by Gasteiger charge is -2.31. The zero-order valence-corrected chi connectivity index (χ0v) is 12.3. The second-order valence-electron chi connectivity index (χ2n) is 6.42. The van der Waals surface area contributed by atoms with Gasteiger partial charge >= 0.3 is 12.0 Å². The highest BCUT2D eigenvalue weighted by molar-refractivity contribution is 5.73. The van der Waals surface area contributed by atoms with E-state index >= 15 is 0 Å². The molecule has 2 rings (SSSR count). The van der Waals surface area contributed by atoms with Gasteiger partial charge in [-0.1, -0.05) is 6.42 Å². The molecule has 2 saturated carbocycles. The molecule has 0 aliphatic heterocycles. The smallest absolute Gasteiger partial charge is 0.317 e. The maximum absolute atomic E-state index is 12.0. The molecule has 0 aromatic heterocycles. The number of amides is 2. The molecule has 0 saturated heterocycles. The van der Waals surface area contributed by atoms with Gasteiger partial charge in [0.25, 0.3) is 0 Å². The topological polar surface area (TPSA) is 69.6 Å². The molecular weight excluding hydrogens is 256 g/mol. The van der Waals surface area contributed by atoms with E-state index in [-0.39, 0.29) is 11.9 Å². The molecular formula is C15H26N2O3. The number of nitrogens with one attached hydrogen (secondary N) is 1. The van der Waals surface area contributed by atoms with Crippen LogP contribution in [0.2, 0.25) is 0 Å². The van der Waals surface area contributed by atoms with Gasteiger partial charge in [0.05, 0.1) is 5.92 Å². The second kappa shape index (κ2) is 6.95. The lowest BCUT2D eigenvalue weighted by Crippen LogP contribution is -2.43. The van der Waals surface area contributed by atoms with Gasteiger partial charge in [0, 0.05) is 20.1 Å². The molecule has 5 nitrogen and oxygen atoms in total. The van der Waals surface area contributed by atoms with E-state index in [0.717, 1.165) is 32.2 Å². The van der Waals surface area contributed by atoms with Crippen LogP contribution < -0.4 is 5.32 Å². The molecule has 2 amide bonds. The Morgan fingerprint density at radius 3 is 2.25 bits per heavy atom. The molecule has 2 fully saturated rings. The number of urea groups is 1. The van der Waals surface area contributed by atoms with Crippen molar-refractivity contribution in [1.29, 1.82) is 0 Å². The van der Waals surface area contributed by atoms with Crippen molar-refractivity contribution in [2.75, 3.05) is 20.1 Å². The number of carboxylic acid groups (broad SMARTS) is 1. The van der Waals surface area contributed by atoms with Gasteiger partial charge in [-0.2, -0.15) is 0 Å². The molecule has 5 heteroatoms. The Balaban J connectivity index is 1.62. The summed E-state index contributed by atoms with van der Waals surface area (Å²) in [5, 5.41) is 11.9. The third kappa shape index (κ3) is 4.12. The van der Waals surface area contributed by atoms with Crippen molar-refractivity contribution >= 4 is 12.0 Å². The molecule has 0 aromatic carbocycles. The molecule has 114 valence electrons. The van der Waals surface area contributed by atoms with Gasteiger partial charge in [0.2, 0.25) is 0 Å². The van der Waals surface area contributed by atoms with Crippen LogP contribution in [0.1, 0.15) is 44.9 Å². The van der Waals surface area contributed by atoms with Crippen molar-refractivity contribution in [1.82, 2.24) is 10.2 Å². The fourth-order valence-electron chi connectivity index (χ4n) is 3.13. The Labute approximate surface area is 120 Å². The first-order valence-electron chi connectivity index (χ1n) is 7.78. The molecule has 0 heterocycles. The van der Waals surface area contributed by atoms with E-state index in [1.807, 2.05) is 7.05 Å². The molecule has 0 aromatic rings. The number of carbonyl (C=O) groups is 2. The van der Waals surface area contributed by atoms with Crippen LogP contribution in [0.25, 0.3) is 0 Å². The van der Waals surface area contributed by atoms with Crippen LogP contribution in [0.4, 0.5) is 4.79 Å². The molecule has 0 unspecified atom stereocenters. The fraction of sp³-hybridized carbons (Fsp3) is 0.867. The Kier molecular flexibility index (Phi) is 5.26. The highest BCUT2D eigenvalue weighted by Crippen LogP contribution is 2.29. The van der Waals surface area contributed by atoms with E-state index in [0.29, 0.717) is 18.4 Å². The third-order valence-corrected chi connectivity index (χ3v) is 4.84. The maximum atomic E-state index is 12.0. The molecule has 0 radical (unpaired) electrons. The van der Waals surface area contributed by atoms with E-state index in [2.05, 4.69) is 5.32 Å². The quantitative estimate of drug-likeness (QED) is 0.813. The minimum atomic E-state index is -0.673. The standard InChI is InChI=1S/C15H26N2O3/c1-17(10-12-3-2-4-12)15(20)16-9-11-5-7-13(8-6-11)14(18)19/h11-13H,2-10H2,1H3,(H,16,20)(H,18,19). The van der Waals surface area contributed by atoms with Crippen LogP contribution in [-0.2, 0) is 4.79 Å². The summed E-state index contributed by atoms with van der Waals surface area (Å²) >= 11 is 0. The van der Waals surface area contributed by atoms with Gasteiger partial charge in [-0.15, -0.1) is 0 Å². The predicted molar refractivity (Wildman–Crippen MR) is 76.5 cm³/mol. The van der Waals surface area contributed by atoms with E-state index in [9.17, 15) is 9.59 Å². The lowest BCUT2D eigenvalue weighted by molar-refractivity contribution is -0.143. The molecule has 2 aliphatic rings. The largest absolute Gasteiger partial charge is 0.481 e. The summed E-state index contributed by atoms with van der Waals surface area (Å²) in [6, 6.07) is 0.0114. The molecule has 0 bridgehead atoms. The number of carboxylic acids is 1. The normalized spacial score (nSPS) is 26.6. The fourth-order valence-corrected chi connectivity index (χ4v) is 3.13. The molecule has 0 atom stereocenters. The first kappa shape index (κ1) is 15.1. The van der Waals surface area contributed by atoms with Gasteiger partial charge in [0.1, 0.15) is 0 Å². The summed E-state index contributed by atoms with van der Waals surface area (Å²) in [6.07, 6.45) is 7.09. The third-order valence-electron chi connectivity index (χ3n) is 4.84. The molecule has 20 heavy (non-hydrogen) atoms. The summed E-state index contributed by atoms with van der Waals surface area (Å²) in [6.45, 7) is 1.54. The second-order valence-corrected chi connectivity index (χ2v) is 6.42. The van der Waals surface area contributed by atoms with Crippen molar-refractivity contribution in [3.63, 3.8) is 0 Å². The van der Waals surface area contributed by atoms with Crippen LogP contribution in [-0.4, -0.2) is 42.1 Å². The zero-order valence-electron chi connectivity index (χ0n) is 12.3. The van der Waals surface area contributed by atoms with Crippen molar-refractivity contribution < 1.29 is 14.7 Å². The minimum Gasteiger partial charge on any atom is -0.481 e. The number of hydrogen-bond donors (Lipinski definition) is 2. The first-order chi connectivity index (χ1) is 9.56. The highest BCUT2D eigenvalue weighted by Gasteiger charge is 2.26. The average molecular weight is 282 g/mol. The van der Waals surface area contributed by atoms with E-state index < -0.39 is 5.97 Å². The monoisotopic (exact) mass is 282 g/mol. The average Bonchev–Trinajstić information content (AvgIpc) is 2.40. The van der Waals surface area contributed by atoms with Crippen molar-refractivity contribution in [2.24, 2.45) is 17.8 Å². The van der Waals surface area contributed by atoms with Crippen LogP contribution in [0.3, 0.4) is 0 Å². The Bertz CT molecular complexity index is 347. The van der Waals surface area contributed by atoms with E-state index in [4.69, 9.17) is 5.11 Å². The van der Waals surface area contributed by atoms with E-state index in [1.54, 1.807) is 4.90 Å². The summed E-state index contributed by atoms with van der Waals surface area (Å²) in [5.74, 6) is 0.277. The summed E-state index contributed by atoms with van der Waals surface area (Å²) in [4.78, 5) is 24.6. The number of carbonyl (C=O) groups excluding carboxylic acids is 1. The summed E-state index contributed by atoms with van der Waals surface area (Å²) < 4.78 is 0. The number of hydrogen-bond acceptors (Lipinski definition) is 2. The predicted octanol–water partition coefficient (Wildman–Crippen LogP) is 2.32. The van der Waals surface area contributed by atoms with Crippen LogP contribution >= 0.6 is 0 Å².